The number of anilines is 1. The van der Waals surface area contributed by atoms with Crippen LogP contribution in [0, 0.1) is 0 Å². The first kappa shape index (κ1) is 13.0. The van der Waals surface area contributed by atoms with E-state index in [9.17, 15) is 0 Å². The van der Waals surface area contributed by atoms with Crippen LogP contribution in [0.2, 0.25) is 0 Å². The Labute approximate surface area is 130 Å². The standard InChI is InChI=1S/C16H12N4OS/c1-2-6-11(7-3-1)15-20-19-14(22-15)10-17-16-18-12-8-4-5-9-13(12)21-16/h1-9H,10H2,(H,17,18). The van der Waals surface area contributed by atoms with Crippen molar-refractivity contribution in [3.05, 3.63) is 59.6 Å². The van der Waals surface area contributed by atoms with Crippen LogP contribution in [0.4, 0.5) is 6.01 Å². The van der Waals surface area contributed by atoms with Crippen molar-refractivity contribution in [3.8, 4) is 10.6 Å². The molecular formula is C16H12N4OS. The number of hydrogen-bond donors (Lipinski definition) is 1. The van der Waals surface area contributed by atoms with Crippen molar-refractivity contribution in [3.63, 3.8) is 0 Å². The van der Waals surface area contributed by atoms with Gasteiger partial charge in [-0.25, -0.2) is 0 Å². The molecule has 2 heterocycles. The Morgan fingerprint density at radius 2 is 1.77 bits per heavy atom. The summed E-state index contributed by atoms with van der Waals surface area (Å²) in [5.74, 6) is 0. The summed E-state index contributed by atoms with van der Waals surface area (Å²) in [7, 11) is 0. The Morgan fingerprint density at radius 3 is 2.64 bits per heavy atom. The lowest BCUT2D eigenvalue weighted by molar-refractivity contribution is 0.614. The number of hydrogen-bond acceptors (Lipinski definition) is 6. The van der Waals surface area contributed by atoms with Crippen molar-refractivity contribution < 1.29 is 4.42 Å². The van der Waals surface area contributed by atoms with Crippen LogP contribution in [0.1, 0.15) is 5.01 Å². The van der Waals surface area contributed by atoms with Gasteiger partial charge in [-0.05, 0) is 12.1 Å². The summed E-state index contributed by atoms with van der Waals surface area (Å²) >= 11 is 1.56. The van der Waals surface area contributed by atoms with Gasteiger partial charge in [-0.1, -0.05) is 53.8 Å². The minimum atomic E-state index is 0.498. The normalized spacial score (nSPS) is 10.9. The van der Waals surface area contributed by atoms with Crippen LogP contribution in [0.25, 0.3) is 21.7 Å². The molecule has 22 heavy (non-hydrogen) atoms. The highest BCUT2D eigenvalue weighted by atomic mass is 32.1. The maximum Gasteiger partial charge on any atom is 0.296 e. The molecule has 0 unspecified atom stereocenters. The van der Waals surface area contributed by atoms with E-state index >= 15 is 0 Å². The van der Waals surface area contributed by atoms with Crippen LogP contribution in [0.15, 0.2) is 59.0 Å². The highest BCUT2D eigenvalue weighted by Crippen LogP contribution is 2.24. The van der Waals surface area contributed by atoms with E-state index in [1.807, 2.05) is 54.6 Å². The largest absolute Gasteiger partial charge is 0.424 e. The molecule has 0 radical (unpaired) electrons. The Balaban J connectivity index is 1.49. The first-order valence-electron chi connectivity index (χ1n) is 6.86. The molecule has 0 amide bonds. The molecular weight excluding hydrogens is 296 g/mol. The summed E-state index contributed by atoms with van der Waals surface area (Å²) in [5, 5.41) is 13.4. The fraction of sp³-hybridized carbons (Fsp3) is 0.0625. The lowest BCUT2D eigenvalue weighted by atomic mass is 10.2. The van der Waals surface area contributed by atoms with Crippen molar-refractivity contribution in [2.75, 3.05) is 5.32 Å². The molecule has 6 heteroatoms. The summed E-state index contributed by atoms with van der Waals surface area (Å²) in [6, 6.07) is 18.2. The molecule has 0 aliphatic heterocycles. The topological polar surface area (TPSA) is 63.8 Å². The Kier molecular flexibility index (Phi) is 3.29. The minimum absolute atomic E-state index is 0.498. The average molecular weight is 308 g/mol. The van der Waals surface area contributed by atoms with Crippen LogP contribution in [-0.2, 0) is 6.54 Å². The number of para-hydroxylation sites is 2. The van der Waals surface area contributed by atoms with Gasteiger partial charge in [0.2, 0.25) is 0 Å². The van der Waals surface area contributed by atoms with Gasteiger partial charge in [0.25, 0.3) is 6.01 Å². The third kappa shape index (κ3) is 2.56. The predicted molar refractivity (Wildman–Crippen MR) is 86.7 cm³/mol. The SMILES string of the molecule is c1ccc(-c2nnc(CNc3nc4ccccc4o3)s2)cc1. The summed E-state index contributed by atoms with van der Waals surface area (Å²) in [5.41, 5.74) is 2.69. The minimum Gasteiger partial charge on any atom is -0.424 e. The van der Waals surface area contributed by atoms with Crippen molar-refractivity contribution in [2.24, 2.45) is 0 Å². The van der Waals surface area contributed by atoms with Crippen molar-refractivity contribution in [1.29, 1.82) is 0 Å². The molecule has 4 rings (SSSR count). The molecule has 0 saturated heterocycles. The van der Waals surface area contributed by atoms with Gasteiger partial charge in [0.15, 0.2) is 5.58 Å². The summed E-state index contributed by atoms with van der Waals surface area (Å²) in [6.07, 6.45) is 0. The highest BCUT2D eigenvalue weighted by molar-refractivity contribution is 7.14. The second kappa shape index (κ2) is 5.57. The Morgan fingerprint density at radius 1 is 0.955 bits per heavy atom. The van der Waals surface area contributed by atoms with Gasteiger partial charge < -0.3 is 9.73 Å². The van der Waals surface area contributed by atoms with E-state index in [0.717, 1.165) is 26.7 Å². The molecule has 0 aliphatic rings. The van der Waals surface area contributed by atoms with Gasteiger partial charge >= 0.3 is 0 Å². The molecule has 0 bridgehead atoms. The fourth-order valence-corrected chi connectivity index (χ4v) is 2.91. The first-order chi connectivity index (χ1) is 10.9. The van der Waals surface area contributed by atoms with Gasteiger partial charge in [0.05, 0.1) is 6.54 Å². The zero-order chi connectivity index (χ0) is 14.8. The van der Waals surface area contributed by atoms with Gasteiger partial charge in [-0.15, -0.1) is 10.2 Å². The third-order valence-electron chi connectivity index (χ3n) is 3.17. The molecule has 0 fully saturated rings. The zero-order valence-electron chi connectivity index (χ0n) is 11.6. The first-order valence-corrected chi connectivity index (χ1v) is 7.67. The van der Waals surface area contributed by atoms with E-state index < -0.39 is 0 Å². The molecule has 2 aromatic heterocycles. The van der Waals surface area contributed by atoms with Gasteiger partial charge in [0.1, 0.15) is 15.5 Å². The van der Waals surface area contributed by atoms with E-state index in [1.54, 1.807) is 11.3 Å². The molecule has 0 saturated carbocycles. The Hall–Kier alpha value is -2.73. The molecule has 2 aromatic carbocycles. The maximum atomic E-state index is 5.62. The van der Waals surface area contributed by atoms with E-state index in [2.05, 4.69) is 20.5 Å². The maximum absolute atomic E-state index is 5.62. The number of nitrogens with zero attached hydrogens (tertiary/aromatic N) is 3. The van der Waals surface area contributed by atoms with E-state index in [1.165, 1.54) is 0 Å². The number of oxazole rings is 1. The van der Waals surface area contributed by atoms with Crippen LogP contribution >= 0.6 is 11.3 Å². The number of nitrogens with one attached hydrogen (secondary N) is 1. The summed E-state index contributed by atoms with van der Waals surface area (Å²) in [6.45, 7) is 0.539. The van der Waals surface area contributed by atoms with Crippen LogP contribution < -0.4 is 5.32 Å². The van der Waals surface area contributed by atoms with Gasteiger partial charge in [-0.2, -0.15) is 4.98 Å². The monoisotopic (exact) mass is 308 g/mol. The molecule has 0 atom stereocenters. The predicted octanol–water partition coefficient (Wildman–Crippen LogP) is 3.96. The average Bonchev–Trinajstić information content (AvgIpc) is 3.20. The van der Waals surface area contributed by atoms with Gasteiger partial charge in [0, 0.05) is 5.56 Å². The molecule has 108 valence electrons. The van der Waals surface area contributed by atoms with Crippen molar-refractivity contribution >= 4 is 28.5 Å². The number of fused-ring (bicyclic) bond motifs is 1. The van der Waals surface area contributed by atoms with E-state index in [4.69, 9.17) is 4.42 Å². The second-order valence-electron chi connectivity index (χ2n) is 4.71. The molecule has 1 N–H and O–H groups in total. The lowest BCUT2D eigenvalue weighted by Crippen LogP contribution is -1.98. The number of aromatic nitrogens is 3. The van der Waals surface area contributed by atoms with Crippen molar-refractivity contribution in [1.82, 2.24) is 15.2 Å². The van der Waals surface area contributed by atoms with E-state index in [0.29, 0.717) is 12.6 Å². The Bertz CT molecular complexity index is 868. The summed E-state index contributed by atoms with van der Waals surface area (Å²) in [4.78, 5) is 4.37. The van der Waals surface area contributed by atoms with E-state index in [-0.39, 0.29) is 0 Å². The van der Waals surface area contributed by atoms with Crippen LogP contribution in [0.3, 0.4) is 0 Å². The molecule has 0 spiro atoms. The zero-order valence-corrected chi connectivity index (χ0v) is 12.4. The number of benzene rings is 2. The summed E-state index contributed by atoms with van der Waals surface area (Å²) < 4.78 is 5.62. The second-order valence-corrected chi connectivity index (χ2v) is 5.77. The highest BCUT2D eigenvalue weighted by Gasteiger charge is 2.08. The molecule has 4 aromatic rings. The van der Waals surface area contributed by atoms with Crippen LogP contribution in [0.5, 0.6) is 0 Å². The molecule has 0 aliphatic carbocycles. The smallest absolute Gasteiger partial charge is 0.296 e. The van der Waals surface area contributed by atoms with Crippen LogP contribution in [-0.4, -0.2) is 15.2 Å². The quantitative estimate of drug-likeness (QED) is 0.618. The van der Waals surface area contributed by atoms with Crippen molar-refractivity contribution in [2.45, 2.75) is 6.54 Å². The van der Waals surface area contributed by atoms with Gasteiger partial charge in [-0.3, -0.25) is 0 Å². The fourth-order valence-electron chi connectivity index (χ4n) is 2.12. The lowest BCUT2D eigenvalue weighted by Gasteiger charge is -1.96. The molecule has 5 nitrogen and oxygen atoms in total. The number of rotatable bonds is 4. The third-order valence-corrected chi connectivity index (χ3v) is 4.14.